The van der Waals surface area contributed by atoms with Gasteiger partial charge in [0.1, 0.15) is 5.82 Å². The van der Waals surface area contributed by atoms with Gasteiger partial charge in [-0.25, -0.2) is 4.39 Å². The van der Waals surface area contributed by atoms with Gasteiger partial charge in [0.2, 0.25) is 0 Å². The summed E-state index contributed by atoms with van der Waals surface area (Å²) in [6, 6.07) is 14.9. The van der Waals surface area contributed by atoms with E-state index in [2.05, 4.69) is 17.2 Å². The Hall–Kier alpha value is -2.21. The van der Waals surface area contributed by atoms with Crippen molar-refractivity contribution in [3.63, 3.8) is 0 Å². The highest BCUT2D eigenvalue weighted by Gasteiger charge is 2.09. The molecule has 3 rings (SSSR count). The number of aromatic nitrogens is 2. The highest BCUT2D eigenvalue weighted by Crippen LogP contribution is 2.23. The third-order valence-corrected chi connectivity index (χ3v) is 4.68. The second-order valence-corrected chi connectivity index (χ2v) is 6.96. The monoisotopic (exact) mass is 387 g/mol. The standard InChI is InChI=1S/C21H23ClFN3O/c1-25(14-16-7-8-18(22)13-20(16)23)11-12-27-15-17-5-3-4-6-19(17)21-9-10-24-26(21)2/h3-10,13H,11-12,14-15H2,1-2H3. The van der Waals surface area contributed by atoms with Crippen LogP contribution in [0.1, 0.15) is 11.1 Å². The number of hydrogen-bond acceptors (Lipinski definition) is 3. The van der Waals surface area contributed by atoms with Crippen molar-refractivity contribution in [3.05, 3.63) is 76.7 Å². The lowest BCUT2D eigenvalue weighted by molar-refractivity contribution is 0.0980. The summed E-state index contributed by atoms with van der Waals surface area (Å²) < 4.78 is 21.6. The van der Waals surface area contributed by atoms with Crippen molar-refractivity contribution >= 4 is 11.6 Å². The first-order chi connectivity index (χ1) is 13.0. The Morgan fingerprint density at radius 3 is 2.70 bits per heavy atom. The average Bonchev–Trinajstić information content (AvgIpc) is 3.07. The summed E-state index contributed by atoms with van der Waals surface area (Å²) in [6.45, 7) is 2.30. The van der Waals surface area contributed by atoms with E-state index in [0.717, 1.165) is 16.8 Å². The maximum atomic E-state index is 13.9. The minimum Gasteiger partial charge on any atom is -0.375 e. The fraction of sp³-hybridized carbons (Fsp3) is 0.286. The van der Waals surface area contributed by atoms with E-state index in [1.807, 2.05) is 41.9 Å². The summed E-state index contributed by atoms with van der Waals surface area (Å²) >= 11 is 5.79. The normalized spacial score (nSPS) is 11.3. The fourth-order valence-electron chi connectivity index (χ4n) is 2.96. The van der Waals surface area contributed by atoms with Crippen molar-refractivity contribution in [2.75, 3.05) is 20.2 Å². The van der Waals surface area contributed by atoms with Crippen molar-refractivity contribution in [2.45, 2.75) is 13.2 Å². The van der Waals surface area contributed by atoms with E-state index in [-0.39, 0.29) is 5.82 Å². The summed E-state index contributed by atoms with van der Waals surface area (Å²) in [5, 5.41) is 4.65. The molecule has 0 aliphatic carbocycles. The molecule has 4 nitrogen and oxygen atoms in total. The van der Waals surface area contributed by atoms with Crippen molar-refractivity contribution in [1.82, 2.24) is 14.7 Å². The fourth-order valence-corrected chi connectivity index (χ4v) is 3.12. The first kappa shape index (κ1) is 19.5. The largest absolute Gasteiger partial charge is 0.375 e. The van der Waals surface area contributed by atoms with Gasteiger partial charge in [-0.1, -0.05) is 41.9 Å². The van der Waals surface area contributed by atoms with E-state index >= 15 is 0 Å². The Morgan fingerprint density at radius 1 is 1.15 bits per heavy atom. The smallest absolute Gasteiger partial charge is 0.129 e. The number of aryl methyl sites for hydroxylation is 1. The van der Waals surface area contributed by atoms with E-state index in [1.54, 1.807) is 18.3 Å². The molecule has 0 amide bonds. The SMILES string of the molecule is CN(CCOCc1ccccc1-c1ccnn1C)Cc1ccc(Cl)cc1F. The van der Waals surface area contributed by atoms with Crippen LogP contribution in [0.2, 0.25) is 5.02 Å². The molecule has 27 heavy (non-hydrogen) atoms. The van der Waals surface area contributed by atoms with E-state index in [1.165, 1.54) is 6.07 Å². The summed E-state index contributed by atoms with van der Waals surface area (Å²) in [7, 11) is 3.87. The molecule has 3 aromatic rings. The number of rotatable bonds is 8. The first-order valence-electron chi connectivity index (χ1n) is 8.81. The lowest BCUT2D eigenvalue weighted by atomic mass is 10.1. The highest BCUT2D eigenvalue weighted by atomic mass is 35.5. The summed E-state index contributed by atoms with van der Waals surface area (Å²) in [4.78, 5) is 2.03. The van der Waals surface area contributed by atoms with Gasteiger partial charge in [-0.2, -0.15) is 5.10 Å². The molecule has 1 aromatic heterocycles. The van der Waals surface area contributed by atoms with Gasteiger partial charge in [-0.3, -0.25) is 9.58 Å². The average molecular weight is 388 g/mol. The van der Waals surface area contributed by atoms with Gasteiger partial charge in [0.15, 0.2) is 0 Å². The molecule has 2 aromatic carbocycles. The van der Waals surface area contributed by atoms with Crippen LogP contribution >= 0.6 is 11.6 Å². The van der Waals surface area contributed by atoms with Gasteiger partial charge >= 0.3 is 0 Å². The molecule has 0 atom stereocenters. The van der Waals surface area contributed by atoms with Crippen LogP contribution in [0.3, 0.4) is 0 Å². The van der Waals surface area contributed by atoms with Gasteiger partial charge in [0.25, 0.3) is 0 Å². The Balaban J connectivity index is 1.51. The molecule has 1 heterocycles. The van der Waals surface area contributed by atoms with Crippen molar-refractivity contribution < 1.29 is 9.13 Å². The zero-order chi connectivity index (χ0) is 19.2. The second kappa shape index (κ2) is 9.13. The molecule has 0 saturated heterocycles. The number of halogens is 2. The number of ether oxygens (including phenoxy) is 1. The number of nitrogens with zero attached hydrogens (tertiary/aromatic N) is 3. The topological polar surface area (TPSA) is 30.3 Å². The number of likely N-dealkylation sites (N-methyl/N-ethyl adjacent to an activating group) is 1. The predicted molar refractivity (Wildman–Crippen MR) is 106 cm³/mol. The molecule has 0 fully saturated rings. The van der Waals surface area contributed by atoms with E-state index in [4.69, 9.17) is 16.3 Å². The summed E-state index contributed by atoms with van der Waals surface area (Å²) in [6.07, 6.45) is 1.79. The van der Waals surface area contributed by atoms with E-state index < -0.39 is 0 Å². The molecule has 0 bridgehead atoms. The van der Waals surface area contributed by atoms with Crippen molar-refractivity contribution in [2.24, 2.45) is 7.05 Å². The summed E-state index contributed by atoms with van der Waals surface area (Å²) in [5.74, 6) is -0.277. The van der Waals surface area contributed by atoms with Crippen LogP contribution in [-0.4, -0.2) is 34.9 Å². The predicted octanol–water partition coefficient (Wildman–Crippen LogP) is 4.53. The number of hydrogen-bond donors (Lipinski definition) is 0. The Kier molecular flexibility index (Phi) is 6.61. The molecular formula is C21H23ClFN3O. The van der Waals surface area contributed by atoms with Crippen molar-refractivity contribution in [3.8, 4) is 11.3 Å². The minimum atomic E-state index is -0.277. The second-order valence-electron chi connectivity index (χ2n) is 6.52. The Morgan fingerprint density at radius 2 is 1.96 bits per heavy atom. The quantitative estimate of drug-likeness (QED) is 0.532. The third kappa shape index (κ3) is 5.16. The molecule has 0 unspecified atom stereocenters. The molecule has 142 valence electrons. The molecule has 0 aliphatic rings. The van der Waals surface area contributed by atoms with E-state index in [9.17, 15) is 4.39 Å². The Bertz CT molecular complexity index is 897. The van der Waals surface area contributed by atoms with E-state index in [0.29, 0.717) is 36.9 Å². The molecular weight excluding hydrogens is 365 g/mol. The van der Waals surface area contributed by atoms with Crippen LogP contribution < -0.4 is 0 Å². The van der Waals surface area contributed by atoms with Gasteiger partial charge in [0, 0.05) is 42.5 Å². The molecule has 0 radical (unpaired) electrons. The highest BCUT2D eigenvalue weighted by molar-refractivity contribution is 6.30. The lowest BCUT2D eigenvalue weighted by Crippen LogP contribution is -2.23. The van der Waals surface area contributed by atoms with Gasteiger partial charge < -0.3 is 4.74 Å². The van der Waals surface area contributed by atoms with Gasteiger partial charge in [-0.05, 0) is 30.8 Å². The van der Waals surface area contributed by atoms with Crippen molar-refractivity contribution in [1.29, 1.82) is 0 Å². The number of benzene rings is 2. The van der Waals surface area contributed by atoms with Crippen LogP contribution in [0.5, 0.6) is 0 Å². The van der Waals surface area contributed by atoms with Crippen LogP contribution in [0.15, 0.2) is 54.7 Å². The minimum absolute atomic E-state index is 0.277. The first-order valence-corrected chi connectivity index (χ1v) is 9.19. The zero-order valence-electron chi connectivity index (χ0n) is 15.5. The molecule has 0 saturated carbocycles. The third-order valence-electron chi connectivity index (χ3n) is 4.44. The van der Waals surface area contributed by atoms with Crippen LogP contribution in [-0.2, 0) is 24.9 Å². The molecule has 0 aliphatic heterocycles. The van der Waals surface area contributed by atoms with Crippen LogP contribution in [0.4, 0.5) is 4.39 Å². The maximum absolute atomic E-state index is 13.9. The van der Waals surface area contributed by atoms with Crippen LogP contribution in [0, 0.1) is 5.82 Å². The zero-order valence-corrected chi connectivity index (χ0v) is 16.3. The molecule has 0 N–H and O–H groups in total. The Labute approximate surface area is 164 Å². The lowest BCUT2D eigenvalue weighted by Gasteiger charge is -2.17. The molecule has 0 spiro atoms. The van der Waals surface area contributed by atoms with Gasteiger partial charge in [0.05, 0.1) is 18.9 Å². The van der Waals surface area contributed by atoms with Crippen LogP contribution in [0.25, 0.3) is 11.3 Å². The maximum Gasteiger partial charge on any atom is 0.129 e. The summed E-state index contributed by atoms with van der Waals surface area (Å²) in [5.41, 5.74) is 3.93. The molecule has 6 heteroatoms. The van der Waals surface area contributed by atoms with Gasteiger partial charge in [-0.15, -0.1) is 0 Å².